The van der Waals surface area contributed by atoms with E-state index in [9.17, 15) is 0 Å². The molecule has 0 aliphatic carbocycles. The van der Waals surface area contributed by atoms with Gasteiger partial charge in [0.05, 0.1) is 0 Å². The summed E-state index contributed by atoms with van der Waals surface area (Å²) in [7, 11) is 0. The van der Waals surface area contributed by atoms with E-state index in [1.807, 2.05) is 30.3 Å². The normalized spacial score (nSPS) is 17.8. The molecule has 100 valence electrons. The van der Waals surface area contributed by atoms with Crippen molar-refractivity contribution < 1.29 is 23.1 Å². The molecule has 0 atom stereocenters. The summed E-state index contributed by atoms with van der Waals surface area (Å²) in [5.41, 5.74) is 0. The molecule has 0 aromatic heterocycles. The van der Waals surface area contributed by atoms with Crippen LogP contribution in [0.15, 0.2) is 30.3 Å². The first-order valence-corrected chi connectivity index (χ1v) is 7.43. The Kier molecular flexibility index (Phi) is 8.68. The Morgan fingerprint density at radius 2 is 1.56 bits per heavy atom. The zero-order valence-electron chi connectivity index (χ0n) is 10.4. The SMILES string of the molecule is Cl.c1ccc([O][Ti][N]2CCNCCNCC2)cc1. The Balaban J connectivity index is 0.00000162. The van der Waals surface area contributed by atoms with E-state index in [0.717, 1.165) is 45.0 Å². The molecule has 1 aliphatic rings. The molecule has 1 aliphatic heterocycles. The zero-order chi connectivity index (χ0) is 11.8. The minimum atomic E-state index is -0.503. The molecule has 6 heteroatoms. The van der Waals surface area contributed by atoms with Gasteiger partial charge in [-0.1, -0.05) is 0 Å². The number of rotatable bonds is 3. The van der Waals surface area contributed by atoms with Crippen molar-refractivity contribution in [2.24, 2.45) is 0 Å². The molecule has 0 unspecified atom stereocenters. The van der Waals surface area contributed by atoms with Gasteiger partial charge in [-0.25, -0.2) is 0 Å². The Labute approximate surface area is 125 Å². The van der Waals surface area contributed by atoms with Crippen LogP contribution in [0.1, 0.15) is 0 Å². The summed E-state index contributed by atoms with van der Waals surface area (Å²) in [4.78, 5) is 0. The monoisotopic (exact) mass is 305 g/mol. The van der Waals surface area contributed by atoms with Crippen LogP contribution in [0.25, 0.3) is 0 Å². The third-order valence-corrected chi connectivity index (χ3v) is 4.24. The van der Waals surface area contributed by atoms with E-state index >= 15 is 0 Å². The first-order valence-electron chi connectivity index (χ1n) is 6.09. The minimum absolute atomic E-state index is 0. The fraction of sp³-hybridized carbons (Fsp3) is 0.500. The predicted octanol–water partition coefficient (Wildman–Crippen LogP) is 0.894. The van der Waals surface area contributed by atoms with Crippen molar-refractivity contribution in [2.75, 3.05) is 39.3 Å². The Morgan fingerprint density at radius 3 is 2.17 bits per heavy atom. The second kappa shape index (κ2) is 9.78. The molecular weight excluding hydrogens is 285 g/mol. The summed E-state index contributed by atoms with van der Waals surface area (Å²) < 4.78 is 8.32. The summed E-state index contributed by atoms with van der Waals surface area (Å²) in [6.07, 6.45) is 0. The van der Waals surface area contributed by atoms with Crippen LogP contribution in [0.3, 0.4) is 0 Å². The van der Waals surface area contributed by atoms with Gasteiger partial charge in [-0.2, -0.15) is 0 Å². The predicted molar refractivity (Wildman–Crippen MR) is 71.6 cm³/mol. The van der Waals surface area contributed by atoms with E-state index in [1.54, 1.807) is 0 Å². The van der Waals surface area contributed by atoms with Crippen LogP contribution < -0.4 is 14.0 Å². The maximum atomic E-state index is 5.88. The van der Waals surface area contributed by atoms with Crippen LogP contribution in [0.2, 0.25) is 0 Å². The Hall–Kier alpha value is -0.0957. The number of halogens is 1. The van der Waals surface area contributed by atoms with Gasteiger partial charge in [-0.3, -0.25) is 0 Å². The number of para-hydroxylation sites is 1. The fourth-order valence-electron chi connectivity index (χ4n) is 1.66. The Morgan fingerprint density at radius 1 is 0.944 bits per heavy atom. The van der Waals surface area contributed by atoms with Crippen LogP contribution in [-0.4, -0.2) is 42.7 Å². The van der Waals surface area contributed by atoms with Crippen molar-refractivity contribution in [3.05, 3.63) is 30.3 Å². The average Bonchev–Trinajstić information content (AvgIpc) is 2.51. The van der Waals surface area contributed by atoms with Gasteiger partial charge >= 0.3 is 112 Å². The number of hydrogen-bond acceptors (Lipinski definition) is 4. The van der Waals surface area contributed by atoms with Gasteiger partial charge in [-0.15, -0.1) is 12.4 Å². The van der Waals surface area contributed by atoms with Crippen molar-refractivity contribution in [3.8, 4) is 5.75 Å². The van der Waals surface area contributed by atoms with Gasteiger partial charge in [0.2, 0.25) is 0 Å². The zero-order valence-corrected chi connectivity index (χ0v) is 12.8. The molecule has 1 aromatic carbocycles. The number of benzene rings is 1. The van der Waals surface area contributed by atoms with Crippen molar-refractivity contribution in [2.45, 2.75) is 0 Å². The Bertz CT molecular complexity index is 305. The molecule has 0 spiro atoms. The molecule has 1 fully saturated rings. The van der Waals surface area contributed by atoms with E-state index in [0.29, 0.717) is 0 Å². The van der Waals surface area contributed by atoms with Crippen LogP contribution in [0, 0.1) is 0 Å². The number of nitrogens with zero attached hydrogens (tertiary/aromatic N) is 1. The van der Waals surface area contributed by atoms with Crippen LogP contribution in [0.4, 0.5) is 0 Å². The summed E-state index contributed by atoms with van der Waals surface area (Å²) in [5.74, 6) is 0.994. The van der Waals surface area contributed by atoms with Gasteiger partial charge in [0.25, 0.3) is 0 Å². The quantitative estimate of drug-likeness (QED) is 0.814. The first kappa shape index (κ1) is 16.0. The number of nitrogens with one attached hydrogen (secondary N) is 2. The maximum absolute atomic E-state index is 5.88. The van der Waals surface area contributed by atoms with E-state index in [4.69, 9.17) is 3.32 Å². The molecule has 0 bridgehead atoms. The molecule has 1 saturated heterocycles. The number of hydrogen-bond donors (Lipinski definition) is 2. The van der Waals surface area contributed by atoms with E-state index in [1.165, 1.54) is 0 Å². The van der Waals surface area contributed by atoms with E-state index in [-0.39, 0.29) is 12.4 Å². The van der Waals surface area contributed by atoms with Crippen LogP contribution in [-0.2, 0) is 19.8 Å². The molecular formula is C12H20ClN3OTi. The summed E-state index contributed by atoms with van der Waals surface area (Å²) in [5, 5.41) is 6.83. The van der Waals surface area contributed by atoms with Crippen LogP contribution in [0.5, 0.6) is 5.75 Å². The van der Waals surface area contributed by atoms with Gasteiger partial charge in [0.15, 0.2) is 0 Å². The van der Waals surface area contributed by atoms with Gasteiger partial charge < -0.3 is 0 Å². The third-order valence-electron chi connectivity index (χ3n) is 2.63. The van der Waals surface area contributed by atoms with Crippen molar-refractivity contribution >= 4 is 12.4 Å². The van der Waals surface area contributed by atoms with Crippen LogP contribution >= 0.6 is 12.4 Å². The molecule has 0 saturated carbocycles. The first-order chi connectivity index (χ1) is 8.45. The summed E-state index contributed by atoms with van der Waals surface area (Å²) in [6, 6.07) is 10.1. The summed E-state index contributed by atoms with van der Waals surface area (Å²) >= 11 is -0.503. The molecule has 1 heterocycles. The third kappa shape index (κ3) is 6.18. The van der Waals surface area contributed by atoms with Crippen molar-refractivity contribution in [3.63, 3.8) is 0 Å². The fourth-order valence-corrected chi connectivity index (χ4v) is 2.88. The van der Waals surface area contributed by atoms with Gasteiger partial charge in [-0.05, 0) is 0 Å². The average molecular weight is 306 g/mol. The topological polar surface area (TPSA) is 36.5 Å². The molecule has 2 rings (SSSR count). The van der Waals surface area contributed by atoms with E-state index in [2.05, 4.69) is 14.0 Å². The summed E-state index contributed by atoms with van der Waals surface area (Å²) in [6.45, 7) is 6.43. The van der Waals surface area contributed by atoms with Gasteiger partial charge in [0, 0.05) is 0 Å². The van der Waals surface area contributed by atoms with Gasteiger partial charge in [0.1, 0.15) is 0 Å². The molecule has 4 nitrogen and oxygen atoms in total. The van der Waals surface area contributed by atoms with Crippen molar-refractivity contribution in [1.29, 1.82) is 0 Å². The molecule has 0 radical (unpaired) electrons. The van der Waals surface area contributed by atoms with Crippen molar-refractivity contribution in [1.82, 2.24) is 14.0 Å². The second-order valence-corrected chi connectivity index (χ2v) is 5.58. The molecule has 0 amide bonds. The van der Waals surface area contributed by atoms with E-state index < -0.39 is 19.8 Å². The molecule has 2 N–H and O–H groups in total. The standard InChI is InChI=1S/C6H14N3.C6H6O.ClH.Ti/c1-2-8-5-6-9-4-3-7-1;7-6-4-2-1-3-5-6;;/h7-8H,1-6H2;1-5,7H;1H;/q-1;;;+2/p-1. The molecule has 1 aromatic rings. The molecule has 18 heavy (non-hydrogen) atoms. The second-order valence-electron chi connectivity index (χ2n) is 3.99.